The van der Waals surface area contributed by atoms with Gasteiger partial charge in [-0.1, -0.05) is 17.2 Å². The number of carboxylic acid groups (broad SMARTS) is 1. The number of nitrogens with zero attached hydrogens (tertiary/aromatic N) is 1. The average molecular weight is 347 g/mol. The molecule has 0 aromatic rings. The monoisotopic (exact) mass is 347 g/mol. The molecule has 3 rings (SSSR count). The van der Waals surface area contributed by atoms with Gasteiger partial charge in [-0.15, -0.1) is 0 Å². The molecule has 4 atom stereocenters. The van der Waals surface area contributed by atoms with Gasteiger partial charge in [-0.3, -0.25) is 14.5 Å². The molecule has 5 heteroatoms. The van der Waals surface area contributed by atoms with Crippen LogP contribution in [0.15, 0.2) is 23.3 Å². The second kappa shape index (κ2) is 7.73. The van der Waals surface area contributed by atoms with E-state index in [1.807, 2.05) is 4.90 Å². The summed E-state index contributed by atoms with van der Waals surface area (Å²) in [6.45, 7) is 5.52. The Kier molecular flexibility index (Phi) is 5.62. The van der Waals surface area contributed by atoms with Crippen molar-refractivity contribution in [2.75, 3.05) is 13.1 Å². The maximum absolute atomic E-state index is 12.5. The highest BCUT2D eigenvalue weighted by atomic mass is 16.6. The van der Waals surface area contributed by atoms with Crippen molar-refractivity contribution in [2.24, 2.45) is 11.8 Å². The SMILES string of the molecule is CC1=CC2OC(=O)C(CN3CCCC3C(=O)O)C2CCC(C)=CCC1. The number of hydrogen-bond donors (Lipinski definition) is 1. The lowest BCUT2D eigenvalue weighted by atomic mass is 9.83. The molecule has 138 valence electrons. The number of carbonyl (C=O) groups is 2. The van der Waals surface area contributed by atoms with Crippen molar-refractivity contribution in [3.63, 3.8) is 0 Å². The fourth-order valence-corrected chi connectivity index (χ4v) is 4.43. The minimum absolute atomic E-state index is 0.138. The first-order valence-electron chi connectivity index (χ1n) is 9.46. The Balaban J connectivity index is 1.78. The quantitative estimate of drug-likeness (QED) is 0.627. The Morgan fingerprint density at radius 1 is 1.28 bits per heavy atom. The van der Waals surface area contributed by atoms with Gasteiger partial charge in [-0.25, -0.2) is 0 Å². The summed E-state index contributed by atoms with van der Waals surface area (Å²) in [7, 11) is 0. The minimum atomic E-state index is -0.777. The first-order chi connectivity index (χ1) is 12.0. The molecule has 25 heavy (non-hydrogen) atoms. The molecule has 0 spiro atoms. The van der Waals surface area contributed by atoms with Crippen LogP contribution in [0.4, 0.5) is 0 Å². The van der Waals surface area contributed by atoms with E-state index in [-0.39, 0.29) is 23.9 Å². The van der Waals surface area contributed by atoms with Gasteiger partial charge in [0.2, 0.25) is 0 Å². The summed E-state index contributed by atoms with van der Waals surface area (Å²) in [5, 5.41) is 9.40. The zero-order chi connectivity index (χ0) is 18.0. The average Bonchev–Trinajstić information content (AvgIpc) is 3.11. The number of fused-ring (bicyclic) bond motifs is 1. The molecule has 3 aliphatic rings. The van der Waals surface area contributed by atoms with Crippen LogP contribution in [-0.4, -0.2) is 47.2 Å². The third kappa shape index (κ3) is 4.14. The molecule has 0 amide bonds. The van der Waals surface area contributed by atoms with E-state index in [1.165, 1.54) is 11.1 Å². The number of carbonyl (C=O) groups excluding carboxylic acids is 1. The van der Waals surface area contributed by atoms with Gasteiger partial charge in [-0.2, -0.15) is 0 Å². The minimum Gasteiger partial charge on any atom is -0.480 e. The van der Waals surface area contributed by atoms with Crippen LogP contribution in [-0.2, 0) is 14.3 Å². The van der Waals surface area contributed by atoms with E-state index in [2.05, 4.69) is 26.0 Å². The molecule has 2 fully saturated rings. The number of hydrogen-bond acceptors (Lipinski definition) is 4. The van der Waals surface area contributed by atoms with Gasteiger partial charge in [0.1, 0.15) is 12.1 Å². The largest absolute Gasteiger partial charge is 0.480 e. The van der Waals surface area contributed by atoms with Crippen molar-refractivity contribution < 1.29 is 19.4 Å². The Morgan fingerprint density at radius 2 is 2.08 bits per heavy atom. The van der Waals surface area contributed by atoms with E-state index in [1.54, 1.807) is 0 Å². The number of rotatable bonds is 3. The summed E-state index contributed by atoms with van der Waals surface area (Å²) in [6, 6.07) is -0.453. The Bertz CT molecular complexity index is 595. The van der Waals surface area contributed by atoms with E-state index in [4.69, 9.17) is 4.74 Å². The second-order valence-electron chi connectivity index (χ2n) is 7.80. The highest BCUT2D eigenvalue weighted by Gasteiger charge is 2.45. The van der Waals surface area contributed by atoms with E-state index in [0.717, 1.165) is 38.6 Å². The maximum atomic E-state index is 12.5. The lowest BCUT2D eigenvalue weighted by Crippen LogP contribution is -2.41. The lowest BCUT2D eigenvalue weighted by molar-refractivity contribution is -0.146. The first kappa shape index (κ1) is 18.2. The van der Waals surface area contributed by atoms with Gasteiger partial charge in [0.15, 0.2) is 0 Å². The van der Waals surface area contributed by atoms with E-state index < -0.39 is 12.0 Å². The van der Waals surface area contributed by atoms with Crippen molar-refractivity contribution in [3.05, 3.63) is 23.3 Å². The zero-order valence-corrected chi connectivity index (χ0v) is 15.2. The number of aliphatic carboxylic acids is 1. The van der Waals surface area contributed by atoms with Gasteiger partial charge in [0.05, 0.1) is 5.92 Å². The number of allylic oxidation sites excluding steroid dienone is 3. The Morgan fingerprint density at radius 3 is 2.84 bits per heavy atom. The molecular weight excluding hydrogens is 318 g/mol. The second-order valence-corrected chi connectivity index (χ2v) is 7.80. The van der Waals surface area contributed by atoms with Gasteiger partial charge in [0, 0.05) is 12.5 Å². The molecular formula is C20H29NO4. The summed E-state index contributed by atoms with van der Waals surface area (Å²) >= 11 is 0. The van der Waals surface area contributed by atoms with Crippen molar-refractivity contribution in [2.45, 2.75) is 64.5 Å². The topological polar surface area (TPSA) is 66.8 Å². The molecule has 0 aromatic heterocycles. The fourth-order valence-electron chi connectivity index (χ4n) is 4.43. The van der Waals surface area contributed by atoms with Crippen LogP contribution >= 0.6 is 0 Å². The fraction of sp³-hybridized carbons (Fsp3) is 0.700. The van der Waals surface area contributed by atoms with E-state index >= 15 is 0 Å². The molecule has 0 bridgehead atoms. The molecule has 0 radical (unpaired) electrons. The zero-order valence-electron chi connectivity index (χ0n) is 15.2. The van der Waals surface area contributed by atoms with Crippen molar-refractivity contribution in [1.82, 2.24) is 4.90 Å². The van der Waals surface area contributed by atoms with E-state index in [0.29, 0.717) is 13.0 Å². The van der Waals surface area contributed by atoms with Gasteiger partial charge in [0.25, 0.3) is 0 Å². The molecule has 1 aliphatic carbocycles. The predicted molar refractivity (Wildman–Crippen MR) is 95.1 cm³/mol. The Labute approximate surface area is 149 Å². The summed E-state index contributed by atoms with van der Waals surface area (Å²) in [4.78, 5) is 26.0. The van der Waals surface area contributed by atoms with Crippen molar-refractivity contribution in [3.8, 4) is 0 Å². The lowest BCUT2D eigenvalue weighted by Gasteiger charge is -2.27. The van der Waals surface area contributed by atoms with Crippen LogP contribution < -0.4 is 0 Å². The molecule has 0 aromatic carbocycles. The molecule has 2 saturated heterocycles. The molecule has 5 nitrogen and oxygen atoms in total. The van der Waals surface area contributed by atoms with Gasteiger partial charge < -0.3 is 9.84 Å². The number of esters is 1. The van der Waals surface area contributed by atoms with Crippen LogP contribution in [0.5, 0.6) is 0 Å². The number of carboxylic acids is 1. The number of likely N-dealkylation sites (tertiary alicyclic amines) is 1. The summed E-state index contributed by atoms with van der Waals surface area (Å²) in [5.41, 5.74) is 2.63. The third-order valence-corrected chi connectivity index (χ3v) is 5.93. The highest BCUT2D eigenvalue weighted by Crippen LogP contribution is 2.37. The standard InChI is InChI=1S/C20H29NO4/c1-13-5-3-6-14(2)11-18-15(9-8-13)16(20(24)25-18)12-21-10-4-7-17(21)19(22)23/h5,11,15-18H,3-4,6-10,12H2,1-2H3,(H,22,23). The summed E-state index contributed by atoms with van der Waals surface area (Å²) < 4.78 is 5.71. The van der Waals surface area contributed by atoms with E-state index in [9.17, 15) is 14.7 Å². The predicted octanol–water partition coefficient (Wildman–Crippen LogP) is 3.16. The smallest absolute Gasteiger partial charge is 0.320 e. The molecule has 4 unspecified atom stereocenters. The summed E-state index contributed by atoms with van der Waals surface area (Å²) in [6.07, 6.45) is 9.74. The summed E-state index contributed by atoms with van der Waals surface area (Å²) in [5.74, 6) is -1.02. The van der Waals surface area contributed by atoms with Gasteiger partial charge in [-0.05, 0) is 65.0 Å². The van der Waals surface area contributed by atoms with Crippen molar-refractivity contribution in [1.29, 1.82) is 0 Å². The first-order valence-corrected chi connectivity index (χ1v) is 9.46. The normalized spacial score (nSPS) is 34.1. The van der Waals surface area contributed by atoms with Crippen molar-refractivity contribution >= 4 is 11.9 Å². The molecule has 1 N–H and O–H groups in total. The highest BCUT2D eigenvalue weighted by molar-refractivity contribution is 5.77. The number of ether oxygens (including phenoxy) is 1. The van der Waals surface area contributed by atoms with Crippen LogP contribution in [0.2, 0.25) is 0 Å². The van der Waals surface area contributed by atoms with Gasteiger partial charge >= 0.3 is 11.9 Å². The maximum Gasteiger partial charge on any atom is 0.320 e. The molecule has 2 heterocycles. The van der Waals surface area contributed by atoms with Crippen LogP contribution in [0, 0.1) is 11.8 Å². The van der Waals surface area contributed by atoms with Crippen LogP contribution in [0.25, 0.3) is 0 Å². The molecule has 0 saturated carbocycles. The third-order valence-electron chi connectivity index (χ3n) is 5.93. The molecule has 2 aliphatic heterocycles. The Hall–Kier alpha value is -1.62. The van der Waals surface area contributed by atoms with Crippen LogP contribution in [0.1, 0.15) is 52.4 Å². The van der Waals surface area contributed by atoms with Crippen LogP contribution in [0.3, 0.4) is 0 Å².